The molecule has 1 amide bonds. The summed E-state index contributed by atoms with van der Waals surface area (Å²) in [5.41, 5.74) is 2.47. The number of benzene rings is 1. The van der Waals surface area contributed by atoms with Crippen LogP contribution < -0.4 is 10.1 Å². The number of para-hydroxylation sites is 1. The Labute approximate surface area is 126 Å². The molecule has 0 spiro atoms. The number of carbonyl (C=O) groups is 1. The Balaban J connectivity index is 1.65. The lowest BCUT2D eigenvalue weighted by Crippen LogP contribution is -2.11. The first-order valence-corrected chi connectivity index (χ1v) is 7.11. The van der Waals surface area contributed by atoms with Crippen molar-refractivity contribution in [3.05, 3.63) is 41.3 Å². The van der Waals surface area contributed by atoms with Crippen LogP contribution >= 0.6 is 0 Å². The standard InChI is InChI=1S/C16H14N2O4/c1-20-12-7-2-4-9-8-13(21-14(9)12)15(19)17-16-10-5-3-6-11(10)18-22-16/h2,4,7-8H,3,5-6H2,1H3,(H,17,19). The lowest BCUT2D eigenvalue weighted by atomic mass is 10.2. The van der Waals surface area contributed by atoms with Crippen LogP contribution in [0.4, 0.5) is 5.88 Å². The Morgan fingerprint density at radius 3 is 3.14 bits per heavy atom. The van der Waals surface area contributed by atoms with Gasteiger partial charge in [0.1, 0.15) is 0 Å². The number of aromatic nitrogens is 1. The molecule has 112 valence electrons. The van der Waals surface area contributed by atoms with E-state index < -0.39 is 0 Å². The number of fused-ring (bicyclic) bond motifs is 2. The fourth-order valence-corrected chi connectivity index (χ4v) is 2.80. The van der Waals surface area contributed by atoms with Crippen LogP contribution in [-0.2, 0) is 12.8 Å². The van der Waals surface area contributed by atoms with Crippen molar-refractivity contribution in [1.29, 1.82) is 0 Å². The van der Waals surface area contributed by atoms with Gasteiger partial charge in [0.15, 0.2) is 17.1 Å². The number of nitrogens with zero attached hydrogens (tertiary/aromatic N) is 1. The number of nitrogens with one attached hydrogen (secondary N) is 1. The van der Waals surface area contributed by atoms with E-state index in [1.54, 1.807) is 19.2 Å². The van der Waals surface area contributed by atoms with Gasteiger partial charge in [0.05, 0.1) is 12.8 Å². The van der Waals surface area contributed by atoms with Gasteiger partial charge in [0, 0.05) is 10.9 Å². The predicted octanol–water partition coefficient (Wildman–Crippen LogP) is 3.17. The molecule has 0 radical (unpaired) electrons. The minimum atomic E-state index is -0.357. The summed E-state index contributed by atoms with van der Waals surface area (Å²) in [5.74, 6) is 0.869. The molecule has 1 N–H and O–H groups in total. The molecule has 2 aromatic heterocycles. The van der Waals surface area contributed by atoms with Gasteiger partial charge in [-0.15, -0.1) is 0 Å². The van der Waals surface area contributed by atoms with E-state index >= 15 is 0 Å². The monoisotopic (exact) mass is 298 g/mol. The number of rotatable bonds is 3. The molecule has 0 saturated carbocycles. The maximum Gasteiger partial charge on any atom is 0.293 e. The Kier molecular flexibility index (Phi) is 2.89. The molecule has 0 unspecified atom stereocenters. The highest BCUT2D eigenvalue weighted by Crippen LogP contribution is 2.31. The number of amides is 1. The second-order valence-corrected chi connectivity index (χ2v) is 5.23. The molecule has 0 saturated heterocycles. The van der Waals surface area contributed by atoms with Gasteiger partial charge in [0.25, 0.3) is 5.91 Å². The molecule has 1 aromatic carbocycles. The summed E-state index contributed by atoms with van der Waals surface area (Å²) in [6.45, 7) is 0. The summed E-state index contributed by atoms with van der Waals surface area (Å²) in [5, 5.41) is 7.52. The van der Waals surface area contributed by atoms with Crippen molar-refractivity contribution < 1.29 is 18.5 Å². The first-order valence-electron chi connectivity index (χ1n) is 7.11. The number of carbonyl (C=O) groups excluding carboxylic acids is 1. The third-order valence-electron chi connectivity index (χ3n) is 3.89. The quantitative estimate of drug-likeness (QED) is 0.803. The van der Waals surface area contributed by atoms with E-state index in [1.807, 2.05) is 12.1 Å². The Morgan fingerprint density at radius 1 is 1.36 bits per heavy atom. The lowest BCUT2D eigenvalue weighted by molar-refractivity contribution is 0.0995. The molecule has 22 heavy (non-hydrogen) atoms. The topological polar surface area (TPSA) is 77.5 Å². The van der Waals surface area contributed by atoms with Crippen molar-refractivity contribution in [2.75, 3.05) is 12.4 Å². The molecule has 0 aliphatic heterocycles. The van der Waals surface area contributed by atoms with Crippen molar-refractivity contribution in [2.45, 2.75) is 19.3 Å². The third kappa shape index (κ3) is 1.95. The highest BCUT2D eigenvalue weighted by atomic mass is 16.5. The lowest BCUT2D eigenvalue weighted by Gasteiger charge is -2.00. The molecular weight excluding hydrogens is 284 g/mol. The Hall–Kier alpha value is -2.76. The fourth-order valence-electron chi connectivity index (χ4n) is 2.80. The zero-order valence-corrected chi connectivity index (χ0v) is 12.0. The summed E-state index contributed by atoms with van der Waals surface area (Å²) in [6.07, 6.45) is 2.82. The van der Waals surface area contributed by atoms with Crippen LogP contribution in [0, 0.1) is 0 Å². The number of hydrogen-bond donors (Lipinski definition) is 1. The van der Waals surface area contributed by atoms with E-state index in [9.17, 15) is 4.79 Å². The van der Waals surface area contributed by atoms with Crippen molar-refractivity contribution in [3.63, 3.8) is 0 Å². The summed E-state index contributed by atoms with van der Waals surface area (Å²) >= 11 is 0. The zero-order chi connectivity index (χ0) is 15.1. The zero-order valence-electron chi connectivity index (χ0n) is 12.0. The molecular formula is C16H14N2O4. The van der Waals surface area contributed by atoms with Gasteiger partial charge in [-0.25, -0.2) is 0 Å². The van der Waals surface area contributed by atoms with Crippen LogP contribution in [0.2, 0.25) is 0 Å². The van der Waals surface area contributed by atoms with Crippen molar-refractivity contribution in [3.8, 4) is 5.75 Å². The molecule has 6 nitrogen and oxygen atoms in total. The van der Waals surface area contributed by atoms with E-state index in [-0.39, 0.29) is 11.7 Å². The minimum absolute atomic E-state index is 0.211. The van der Waals surface area contributed by atoms with Gasteiger partial charge in [-0.3, -0.25) is 10.1 Å². The van der Waals surface area contributed by atoms with Gasteiger partial charge in [-0.05, 0) is 31.4 Å². The molecule has 2 heterocycles. The Morgan fingerprint density at radius 2 is 2.27 bits per heavy atom. The first kappa shape index (κ1) is 12.9. The summed E-state index contributed by atoms with van der Waals surface area (Å²) in [4.78, 5) is 12.3. The van der Waals surface area contributed by atoms with E-state index in [0.29, 0.717) is 17.2 Å². The van der Waals surface area contributed by atoms with E-state index in [4.69, 9.17) is 13.7 Å². The molecule has 4 rings (SSSR count). The van der Waals surface area contributed by atoms with E-state index in [1.165, 1.54) is 0 Å². The van der Waals surface area contributed by atoms with Crippen molar-refractivity contribution in [2.24, 2.45) is 0 Å². The minimum Gasteiger partial charge on any atom is -0.493 e. The smallest absolute Gasteiger partial charge is 0.293 e. The summed E-state index contributed by atoms with van der Waals surface area (Å²) < 4.78 is 16.1. The van der Waals surface area contributed by atoms with Crippen LogP contribution in [0.25, 0.3) is 11.0 Å². The maximum atomic E-state index is 12.3. The normalized spacial score (nSPS) is 13.3. The highest BCUT2D eigenvalue weighted by Gasteiger charge is 2.24. The number of ether oxygens (including phenoxy) is 1. The van der Waals surface area contributed by atoms with Crippen LogP contribution in [0.1, 0.15) is 28.2 Å². The average Bonchev–Trinajstić information content (AvgIpc) is 3.22. The second kappa shape index (κ2) is 4.91. The van der Waals surface area contributed by atoms with Crippen LogP contribution in [-0.4, -0.2) is 18.2 Å². The first-order chi connectivity index (χ1) is 10.8. The molecule has 3 aromatic rings. The van der Waals surface area contributed by atoms with Gasteiger partial charge in [0.2, 0.25) is 5.88 Å². The third-order valence-corrected chi connectivity index (χ3v) is 3.89. The summed E-state index contributed by atoms with van der Waals surface area (Å²) in [6, 6.07) is 7.19. The van der Waals surface area contributed by atoms with Crippen molar-refractivity contribution in [1.82, 2.24) is 5.16 Å². The molecule has 0 atom stereocenters. The predicted molar refractivity (Wildman–Crippen MR) is 79.2 cm³/mol. The molecule has 0 fully saturated rings. The maximum absolute atomic E-state index is 12.3. The number of methoxy groups -OCH3 is 1. The van der Waals surface area contributed by atoms with Gasteiger partial charge >= 0.3 is 0 Å². The van der Waals surface area contributed by atoms with Gasteiger partial charge < -0.3 is 13.7 Å². The molecule has 1 aliphatic rings. The fraction of sp³-hybridized carbons (Fsp3) is 0.250. The van der Waals surface area contributed by atoms with E-state index in [0.717, 1.165) is 35.9 Å². The summed E-state index contributed by atoms with van der Waals surface area (Å²) in [7, 11) is 1.56. The average molecular weight is 298 g/mol. The molecule has 0 bridgehead atoms. The largest absolute Gasteiger partial charge is 0.493 e. The van der Waals surface area contributed by atoms with Crippen molar-refractivity contribution >= 4 is 22.8 Å². The number of furan rings is 1. The Bertz CT molecular complexity index is 862. The molecule has 1 aliphatic carbocycles. The second-order valence-electron chi connectivity index (χ2n) is 5.23. The van der Waals surface area contributed by atoms with Gasteiger partial charge in [-0.2, -0.15) is 0 Å². The molecule has 6 heteroatoms. The van der Waals surface area contributed by atoms with Crippen LogP contribution in [0.3, 0.4) is 0 Å². The number of hydrogen-bond acceptors (Lipinski definition) is 5. The van der Waals surface area contributed by atoms with Crippen LogP contribution in [0.5, 0.6) is 5.75 Å². The highest BCUT2D eigenvalue weighted by molar-refractivity contribution is 6.04. The van der Waals surface area contributed by atoms with Gasteiger partial charge in [-0.1, -0.05) is 17.3 Å². The SMILES string of the molecule is COc1cccc2cc(C(=O)Nc3onc4c3CCC4)oc12. The van der Waals surface area contributed by atoms with Crippen LogP contribution in [0.15, 0.2) is 33.2 Å². The number of aryl methyl sites for hydroxylation is 1. The van der Waals surface area contributed by atoms with E-state index in [2.05, 4.69) is 10.5 Å². The number of anilines is 1.